The molecule has 3 N–H and O–H groups in total. The van der Waals surface area contributed by atoms with Crippen LogP contribution < -0.4 is 0 Å². The van der Waals surface area contributed by atoms with E-state index in [1.807, 2.05) is 6.07 Å². The van der Waals surface area contributed by atoms with Crippen molar-refractivity contribution in [3.05, 3.63) is 47.5 Å². The summed E-state index contributed by atoms with van der Waals surface area (Å²) in [4.78, 5) is 3.05. The van der Waals surface area contributed by atoms with Gasteiger partial charge in [-0.2, -0.15) is 13.5 Å². The Kier molecular flexibility index (Phi) is 2.99. The number of hydrogen-bond donors (Lipinski definition) is 3. The van der Waals surface area contributed by atoms with E-state index in [9.17, 15) is 8.42 Å². The van der Waals surface area contributed by atoms with Crippen LogP contribution in [0.1, 0.15) is 0 Å². The summed E-state index contributed by atoms with van der Waals surface area (Å²) in [5, 5.41) is 9.39. The van der Waals surface area contributed by atoms with Gasteiger partial charge >= 0.3 is 0 Å². The number of fused-ring (bicyclic) bond motifs is 2. The molecule has 6 nitrogen and oxygen atoms in total. The van der Waals surface area contributed by atoms with E-state index in [1.54, 1.807) is 24.3 Å². The molecule has 0 amide bonds. The van der Waals surface area contributed by atoms with Gasteiger partial charge in [-0.15, -0.1) is 0 Å². The maximum atomic E-state index is 11.2. The van der Waals surface area contributed by atoms with Crippen LogP contribution in [0, 0.1) is 0 Å². The third kappa shape index (κ3) is 2.39. The average Bonchev–Trinajstić information content (AvgIpc) is 3.07. The summed E-state index contributed by atoms with van der Waals surface area (Å²) < 4.78 is 31.6. The molecule has 0 aliphatic heterocycles. The van der Waals surface area contributed by atoms with E-state index < -0.39 is 10.1 Å². The fraction of sp³-hybridized carbons (Fsp3) is 0. The molecule has 2 aromatic heterocycles. The quantitative estimate of drug-likeness (QED) is 0.482. The Morgan fingerprint density at radius 3 is 2.65 bits per heavy atom. The van der Waals surface area contributed by atoms with Gasteiger partial charge in [0.2, 0.25) is 0 Å². The average molecular weight is 348 g/mol. The maximum Gasteiger partial charge on any atom is 0.294 e. The van der Waals surface area contributed by atoms with E-state index >= 15 is 0 Å². The van der Waals surface area contributed by atoms with Crippen molar-refractivity contribution in [2.45, 2.75) is 4.90 Å². The van der Waals surface area contributed by atoms with Crippen LogP contribution in [0.25, 0.3) is 33.2 Å². The van der Waals surface area contributed by atoms with E-state index in [0.717, 1.165) is 22.1 Å². The first-order valence-electron chi connectivity index (χ1n) is 6.66. The van der Waals surface area contributed by atoms with Gasteiger partial charge < -0.3 is 4.98 Å². The molecule has 0 bridgehead atoms. The van der Waals surface area contributed by atoms with Crippen LogP contribution in [0.15, 0.2) is 47.4 Å². The van der Waals surface area contributed by atoms with E-state index in [2.05, 4.69) is 15.2 Å². The van der Waals surface area contributed by atoms with Crippen LogP contribution in [0.3, 0.4) is 0 Å². The Balaban J connectivity index is 1.91. The molecule has 8 heteroatoms. The molecular weight excluding hydrogens is 338 g/mol. The van der Waals surface area contributed by atoms with Crippen LogP contribution >= 0.6 is 11.6 Å². The molecule has 0 aliphatic rings. The zero-order valence-corrected chi connectivity index (χ0v) is 13.1. The van der Waals surface area contributed by atoms with Gasteiger partial charge in [0.25, 0.3) is 10.1 Å². The number of aromatic amines is 2. The maximum absolute atomic E-state index is 11.2. The summed E-state index contributed by atoms with van der Waals surface area (Å²) in [6, 6.07) is 11.6. The lowest BCUT2D eigenvalue weighted by Crippen LogP contribution is -1.96. The molecule has 0 radical (unpaired) electrons. The van der Waals surface area contributed by atoms with Crippen LogP contribution in [-0.4, -0.2) is 28.2 Å². The van der Waals surface area contributed by atoms with Crippen LogP contribution in [0.2, 0.25) is 5.02 Å². The lowest BCUT2D eigenvalue weighted by atomic mass is 10.1. The van der Waals surface area contributed by atoms with Crippen molar-refractivity contribution in [1.82, 2.24) is 15.2 Å². The van der Waals surface area contributed by atoms with Crippen molar-refractivity contribution in [3.63, 3.8) is 0 Å². The van der Waals surface area contributed by atoms with Crippen molar-refractivity contribution in [2.75, 3.05) is 0 Å². The highest BCUT2D eigenvalue weighted by Gasteiger charge is 2.14. The van der Waals surface area contributed by atoms with Crippen LogP contribution in [-0.2, 0) is 10.1 Å². The number of H-pyrrole nitrogens is 2. The number of aromatic nitrogens is 3. The SMILES string of the molecule is O=S(=O)(O)c1ccc2[nH]c(-c3n[nH]c4cc(Cl)ccc34)cc2c1. The molecule has 0 aliphatic carbocycles. The van der Waals surface area contributed by atoms with Gasteiger partial charge in [0.15, 0.2) is 0 Å². The van der Waals surface area contributed by atoms with Gasteiger partial charge in [0, 0.05) is 21.3 Å². The molecule has 23 heavy (non-hydrogen) atoms. The topological polar surface area (TPSA) is 98.8 Å². The number of rotatable bonds is 2. The smallest absolute Gasteiger partial charge is 0.294 e. The number of nitrogens with one attached hydrogen (secondary N) is 2. The molecule has 2 aromatic carbocycles. The predicted molar refractivity (Wildman–Crippen MR) is 88.2 cm³/mol. The zero-order valence-electron chi connectivity index (χ0n) is 11.5. The van der Waals surface area contributed by atoms with E-state index in [4.69, 9.17) is 16.2 Å². The Hall–Kier alpha value is -2.35. The van der Waals surface area contributed by atoms with Crippen molar-refractivity contribution in [2.24, 2.45) is 0 Å². The largest absolute Gasteiger partial charge is 0.353 e. The molecule has 0 saturated heterocycles. The highest BCUT2D eigenvalue weighted by atomic mass is 35.5. The molecule has 116 valence electrons. The summed E-state index contributed by atoms with van der Waals surface area (Å²) in [5.74, 6) is 0. The first kappa shape index (κ1) is 14.3. The van der Waals surface area contributed by atoms with Crippen molar-refractivity contribution < 1.29 is 13.0 Å². The molecule has 0 spiro atoms. The molecule has 0 atom stereocenters. The molecular formula is C15H10ClN3O3S. The summed E-state index contributed by atoms with van der Waals surface area (Å²) in [6.45, 7) is 0. The first-order valence-corrected chi connectivity index (χ1v) is 8.48. The Bertz CT molecular complexity index is 1160. The fourth-order valence-electron chi connectivity index (χ4n) is 2.60. The Morgan fingerprint density at radius 1 is 1.04 bits per heavy atom. The number of halogens is 1. The van der Waals surface area contributed by atoms with E-state index in [0.29, 0.717) is 16.1 Å². The van der Waals surface area contributed by atoms with Gasteiger partial charge in [0.1, 0.15) is 5.69 Å². The monoisotopic (exact) mass is 347 g/mol. The lowest BCUT2D eigenvalue weighted by molar-refractivity contribution is 0.483. The summed E-state index contributed by atoms with van der Waals surface area (Å²) >= 11 is 5.96. The second-order valence-electron chi connectivity index (χ2n) is 5.17. The van der Waals surface area contributed by atoms with Crippen LogP contribution in [0.4, 0.5) is 0 Å². The highest BCUT2D eigenvalue weighted by molar-refractivity contribution is 7.85. The van der Waals surface area contributed by atoms with Gasteiger partial charge in [0.05, 0.1) is 16.1 Å². The first-order chi connectivity index (χ1) is 10.9. The molecule has 4 rings (SSSR count). The second kappa shape index (κ2) is 4.82. The van der Waals surface area contributed by atoms with Gasteiger partial charge in [-0.1, -0.05) is 11.6 Å². The minimum Gasteiger partial charge on any atom is -0.353 e. The standard InChI is InChI=1S/C15H10ClN3O3S/c16-9-1-3-11-13(7-9)18-19-15(11)14-6-8-5-10(23(20,21)22)2-4-12(8)17-14/h1-7,17H,(H,18,19)(H,20,21,22). The molecule has 0 saturated carbocycles. The van der Waals surface area contributed by atoms with Gasteiger partial charge in [-0.3, -0.25) is 9.65 Å². The van der Waals surface area contributed by atoms with E-state index in [1.165, 1.54) is 12.1 Å². The summed E-state index contributed by atoms with van der Waals surface area (Å²) in [6.07, 6.45) is 0. The molecule has 0 fully saturated rings. The lowest BCUT2D eigenvalue weighted by Gasteiger charge is -1.95. The van der Waals surface area contributed by atoms with E-state index in [-0.39, 0.29) is 4.90 Å². The highest BCUT2D eigenvalue weighted by Crippen LogP contribution is 2.30. The van der Waals surface area contributed by atoms with Gasteiger partial charge in [-0.05, 0) is 42.5 Å². The van der Waals surface area contributed by atoms with Crippen molar-refractivity contribution in [1.29, 1.82) is 0 Å². The van der Waals surface area contributed by atoms with Gasteiger partial charge in [-0.25, -0.2) is 0 Å². The predicted octanol–water partition coefficient (Wildman–Crippen LogP) is 3.61. The zero-order chi connectivity index (χ0) is 16.2. The molecule has 2 heterocycles. The number of hydrogen-bond acceptors (Lipinski definition) is 3. The molecule has 4 aromatic rings. The summed E-state index contributed by atoms with van der Waals surface area (Å²) in [7, 11) is -4.23. The molecule has 0 unspecified atom stereocenters. The third-order valence-electron chi connectivity index (χ3n) is 3.67. The third-order valence-corrected chi connectivity index (χ3v) is 4.75. The normalized spacial score (nSPS) is 12.3. The Labute approximate surface area is 135 Å². The van der Waals surface area contributed by atoms with Crippen LogP contribution in [0.5, 0.6) is 0 Å². The Morgan fingerprint density at radius 2 is 1.87 bits per heavy atom. The second-order valence-corrected chi connectivity index (χ2v) is 7.03. The van der Waals surface area contributed by atoms with Crippen molar-refractivity contribution in [3.8, 4) is 11.4 Å². The summed E-state index contributed by atoms with van der Waals surface area (Å²) in [5.41, 5.74) is 3.00. The number of benzene rings is 2. The minimum atomic E-state index is -4.23. The van der Waals surface area contributed by atoms with Crippen molar-refractivity contribution >= 4 is 43.5 Å². The fourth-order valence-corrected chi connectivity index (χ4v) is 3.28. The minimum absolute atomic E-state index is 0.144. The number of nitrogens with zero attached hydrogens (tertiary/aromatic N) is 1.